The minimum atomic E-state index is 0.0335. The smallest absolute Gasteiger partial charge is 0.253 e. The molecule has 3 aromatic rings. The maximum Gasteiger partial charge on any atom is 0.253 e. The molecule has 1 aromatic carbocycles. The van der Waals surface area contributed by atoms with Crippen LogP contribution in [0.3, 0.4) is 0 Å². The first kappa shape index (κ1) is 19.6. The molecule has 31 heavy (non-hydrogen) atoms. The van der Waals surface area contributed by atoms with E-state index in [0.29, 0.717) is 36.1 Å². The van der Waals surface area contributed by atoms with Crippen LogP contribution < -0.4 is 9.47 Å². The van der Waals surface area contributed by atoms with Gasteiger partial charge in [-0.2, -0.15) is 0 Å². The topological polar surface area (TPSA) is 77.7 Å². The van der Waals surface area contributed by atoms with E-state index in [1.165, 1.54) is 0 Å². The maximum atomic E-state index is 13.0. The van der Waals surface area contributed by atoms with Crippen molar-refractivity contribution in [1.29, 1.82) is 0 Å². The highest BCUT2D eigenvalue weighted by molar-refractivity contribution is 5.95. The number of hydrogen-bond acceptors (Lipinski definition) is 6. The van der Waals surface area contributed by atoms with Gasteiger partial charge < -0.3 is 18.9 Å². The van der Waals surface area contributed by atoms with Gasteiger partial charge in [0, 0.05) is 36.7 Å². The molecule has 0 spiro atoms. The van der Waals surface area contributed by atoms with Crippen molar-refractivity contribution in [3.63, 3.8) is 0 Å². The molecule has 4 heterocycles. The molecule has 160 valence electrons. The molecule has 1 amide bonds. The standard InChI is InChI=1S/C24H25N3O4/c1-3-20-23(15(2)26-31-20)19-6-4-5-18(25-19)16-9-11-27(12-10-16)24(28)17-7-8-21-22(13-17)30-14-29-21/h4-8,13,16H,3,9-12,14H2,1-2H3. The lowest BCUT2D eigenvalue weighted by molar-refractivity contribution is 0.0711. The summed E-state index contributed by atoms with van der Waals surface area (Å²) in [5, 5.41) is 4.11. The van der Waals surface area contributed by atoms with Crippen molar-refractivity contribution < 1.29 is 18.8 Å². The van der Waals surface area contributed by atoms with Crippen molar-refractivity contribution in [3.05, 3.63) is 59.1 Å². The zero-order chi connectivity index (χ0) is 21.4. The second kappa shape index (κ2) is 8.06. The van der Waals surface area contributed by atoms with Gasteiger partial charge in [-0.25, -0.2) is 0 Å². The Labute approximate surface area is 181 Å². The predicted octanol–water partition coefficient (Wildman–Crippen LogP) is 4.36. The van der Waals surface area contributed by atoms with Crippen molar-refractivity contribution in [3.8, 4) is 22.8 Å². The van der Waals surface area contributed by atoms with Gasteiger partial charge in [-0.15, -0.1) is 0 Å². The highest BCUT2D eigenvalue weighted by Gasteiger charge is 2.27. The molecule has 0 radical (unpaired) electrons. The van der Waals surface area contributed by atoms with Crippen molar-refractivity contribution in [1.82, 2.24) is 15.0 Å². The third-order valence-electron chi connectivity index (χ3n) is 6.10. The van der Waals surface area contributed by atoms with Crippen LogP contribution in [0.1, 0.15) is 53.2 Å². The summed E-state index contributed by atoms with van der Waals surface area (Å²) in [6.45, 7) is 5.62. The van der Waals surface area contributed by atoms with Crippen LogP contribution in [0, 0.1) is 6.92 Å². The first-order valence-corrected chi connectivity index (χ1v) is 10.8. The molecule has 0 aliphatic carbocycles. The van der Waals surface area contributed by atoms with E-state index in [2.05, 4.69) is 18.1 Å². The van der Waals surface area contributed by atoms with Crippen molar-refractivity contribution in [2.45, 2.75) is 39.0 Å². The number of rotatable bonds is 4. The number of aryl methyl sites for hydroxylation is 2. The van der Waals surface area contributed by atoms with Crippen LogP contribution in [0.25, 0.3) is 11.3 Å². The average molecular weight is 419 g/mol. The lowest BCUT2D eigenvalue weighted by Crippen LogP contribution is -2.38. The van der Waals surface area contributed by atoms with Crippen LogP contribution in [0.4, 0.5) is 0 Å². The molecule has 0 atom stereocenters. The number of nitrogens with zero attached hydrogens (tertiary/aromatic N) is 3. The summed E-state index contributed by atoms with van der Waals surface area (Å²) < 4.78 is 16.2. The summed E-state index contributed by atoms with van der Waals surface area (Å²) in [6, 6.07) is 11.5. The second-order valence-corrected chi connectivity index (χ2v) is 8.00. The van der Waals surface area contributed by atoms with E-state index in [-0.39, 0.29) is 12.7 Å². The van der Waals surface area contributed by atoms with Gasteiger partial charge >= 0.3 is 0 Å². The minimum Gasteiger partial charge on any atom is -0.454 e. The first-order chi connectivity index (χ1) is 15.1. The zero-order valence-electron chi connectivity index (χ0n) is 17.8. The Morgan fingerprint density at radius 3 is 2.74 bits per heavy atom. The predicted molar refractivity (Wildman–Crippen MR) is 114 cm³/mol. The lowest BCUT2D eigenvalue weighted by atomic mass is 9.92. The van der Waals surface area contributed by atoms with Gasteiger partial charge in [-0.3, -0.25) is 9.78 Å². The Balaban J connectivity index is 1.29. The molecular weight excluding hydrogens is 394 g/mol. The molecule has 0 bridgehead atoms. The third-order valence-corrected chi connectivity index (χ3v) is 6.10. The Morgan fingerprint density at radius 2 is 1.94 bits per heavy atom. The fraction of sp³-hybridized carbons (Fsp3) is 0.375. The number of ether oxygens (including phenoxy) is 2. The number of pyridine rings is 1. The van der Waals surface area contributed by atoms with Crippen LogP contribution in [-0.2, 0) is 6.42 Å². The molecule has 0 N–H and O–H groups in total. The largest absolute Gasteiger partial charge is 0.454 e. The van der Waals surface area contributed by atoms with E-state index < -0.39 is 0 Å². The monoisotopic (exact) mass is 419 g/mol. The molecule has 2 aliphatic heterocycles. The van der Waals surface area contributed by atoms with Crippen LogP contribution in [0.15, 0.2) is 40.9 Å². The molecule has 0 unspecified atom stereocenters. The van der Waals surface area contributed by atoms with E-state index in [0.717, 1.165) is 47.7 Å². The van der Waals surface area contributed by atoms with Crippen molar-refractivity contribution in [2.75, 3.05) is 19.9 Å². The number of carbonyl (C=O) groups is 1. The van der Waals surface area contributed by atoms with Gasteiger partial charge in [-0.1, -0.05) is 18.1 Å². The van der Waals surface area contributed by atoms with Crippen molar-refractivity contribution >= 4 is 5.91 Å². The quantitative estimate of drug-likeness (QED) is 0.625. The molecule has 1 fully saturated rings. The van der Waals surface area contributed by atoms with Gasteiger partial charge in [0.1, 0.15) is 5.76 Å². The Morgan fingerprint density at radius 1 is 1.13 bits per heavy atom. The zero-order valence-corrected chi connectivity index (χ0v) is 17.8. The molecule has 2 aliphatic rings. The number of likely N-dealkylation sites (tertiary alicyclic amines) is 1. The van der Waals surface area contributed by atoms with Crippen LogP contribution in [0.2, 0.25) is 0 Å². The van der Waals surface area contributed by atoms with E-state index in [9.17, 15) is 4.79 Å². The fourth-order valence-corrected chi connectivity index (χ4v) is 4.39. The number of amides is 1. The molecule has 7 nitrogen and oxygen atoms in total. The lowest BCUT2D eigenvalue weighted by Gasteiger charge is -2.32. The number of carbonyl (C=O) groups excluding carboxylic acids is 1. The normalized spacial score (nSPS) is 16.0. The Kier molecular flexibility index (Phi) is 5.10. The summed E-state index contributed by atoms with van der Waals surface area (Å²) in [7, 11) is 0. The molecule has 5 rings (SSSR count). The summed E-state index contributed by atoms with van der Waals surface area (Å²) in [5.74, 6) is 2.55. The third kappa shape index (κ3) is 3.65. The Hall–Kier alpha value is -3.35. The van der Waals surface area contributed by atoms with Gasteiger partial charge in [0.15, 0.2) is 11.5 Å². The van der Waals surface area contributed by atoms with Crippen molar-refractivity contribution in [2.24, 2.45) is 0 Å². The molecule has 1 saturated heterocycles. The number of fused-ring (bicyclic) bond motifs is 1. The SMILES string of the molecule is CCc1onc(C)c1-c1cccc(C2CCN(C(=O)c3ccc4c(c3)OCO4)CC2)n1. The number of benzene rings is 1. The summed E-state index contributed by atoms with van der Waals surface area (Å²) >= 11 is 0. The van der Waals surface area contributed by atoms with Crippen LogP contribution in [-0.4, -0.2) is 40.8 Å². The highest BCUT2D eigenvalue weighted by Crippen LogP contribution is 2.34. The maximum absolute atomic E-state index is 13.0. The number of aromatic nitrogens is 2. The summed E-state index contributed by atoms with van der Waals surface area (Å²) in [5.41, 5.74) is 4.48. The van der Waals surface area contributed by atoms with E-state index in [1.807, 2.05) is 24.0 Å². The summed E-state index contributed by atoms with van der Waals surface area (Å²) in [6.07, 6.45) is 2.55. The van der Waals surface area contributed by atoms with Crippen LogP contribution in [0.5, 0.6) is 11.5 Å². The Bertz CT molecular complexity index is 1120. The van der Waals surface area contributed by atoms with Gasteiger partial charge in [0.2, 0.25) is 6.79 Å². The molecule has 0 saturated carbocycles. The van der Waals surface area contributed by atoms with E-state index in [1.54, 1.807) is 18.2 Å². The van der Waals surface area contributed by atoms with E-state index >= 15 is 0 Å². The minimum absolute atomic E-state index is 0.0335. The van der Waals surface area contributed by atoms with Gasteiger partial charge in [0.05, 0.1) is 17.0 Å². The highest BCUT2D eigenvalue weighted by atomic mass is 16.7. The summed E-state index contributed by atoms with van der Waals surface area (Å²) in [4.78, 5) is 19.8. The average Bonchev–Trinajstić information content (AvgIpc) is 3.44. The number of hydrogen-bond donors (Lipinski definition) is 0. The number of piperidine rings is 1. The second-order valence-electron chi connectivity index (χ2n) is 8.00. The molecule has 2 aromatic heterocycles. The van der Waals surface area contributed by atoms with Crippen LogP contribution >= 0.6 is 0 Å². The van der Waals surface area contributed by atoms with E-state index in [4.69, 9.17) is 19.0 Å². The van der Waals surface area contributed by atoms with Gasteiger partial charge in [-0.05, 0) is 50.1 Å². The first-order valence-electron chi connectivity index (χ1n) is 10.8. The fourth-order valence-electron chi connectivity index (χ4n) is 4.39. The molecule has 7 heteroatoms. The molecular formula is C24H25N3O4. The van der Waals surface area contributed by atoms with Gasteiger partial charge in [0.25, 0.3) is 5.91 Å².